The molecule has 1 N–H and O–H groups in total. The number of hydrogen-bond acceptors (Lipinski definition) is 3. The number of benzene rings is 1. The maximum absolute atomic E-state index is 9.52. The van der Waals surface area contributed by atoms with Crippen molar-refractivity contribution < 1.29 is 9.84 Å². The van der Waals surface area contributed by atoms with E-state index >= 15 is 0 Å². The second kappa shape index (κ2) is 5.61. The molecule has 3 nitrogen and oxygen atoms in total. The van der Waals surface area contributed by atoms with E-state index in [-0.39, 0.29) is 6.10 Å². The van der Waals surface area contributed by atoms with Crippen molar-refractivity contribution in [1.82, 2.24) is 0 Å². The van der Waals surface area contributed by atoms with Crippen LogP contribution in [0.1, 0.15) is 13.3 Å². The van der Waals surface area contributed by atoms with Crippen LogP contribution in [-0.2, 0) is 0 Å². The first-order chi connectivity index (χ1) is 7.17. The summed E-state index contributed by atoms with van der Waals surface area (Å²) >= 11 is 0. The predicted molar refractivity (Wildman–Crippen MR) is 62.6 cm³/mol. The van der Waals surface area contributed by atoms with Gasteiger partial charge in [-0.1, -0.05) is 6.92 Å². The van der Waals surface area contributed by atoms with Gasteiger partial charge in [-0.2, -0.15) is 0 Å². The Balaban J connectivity index is 2.61. The van der Waals surface area contributed by atoms with Gasteiger partial charge in [0.2, 0.25) is 0 Å². The molecule has 0 amide bonds. The van der Waals surface area contributed by atoms with Gasteiger partial charge in [0.15, 0.2) is 0 Å². The molecule has 1 aromatic carbocycles. The Bertz CT molecular complexity index is 284. The quantitative estimate of drug-likeness (QED) is 0.804. The number of hydrogen-bond donors (Lipinski definition) is 1. The van der Waals surface area contributed by atoms with Crippen LogP contribution in [0.15, 0.2) is 24.3 Å². The van der Waals surface area contributed by atoms with Crippen LogP contribution in [0.5, 0.6) is 5.75 Å². The molecule has 0 spiro atoms. The van der Waals surface area contributed by atoms with Crippen LogP contribution in [0.25, 0.3) is 0 Å². The summed E-state index contributed by atoms with van der Waals surface area (Å²) in [5.41, 5.74) is 1.09. The molecule has 0 saturated carbocycles. The number of aliphatic hydroxyl groups excluding tert-OH is 1. The standard InChI is InChI=1S/C12H19NO2/c1-4-11(14)9-13(2)10-5-7-12(15-3)8-6-10/h5-8,11,14H,4,9H2,1-3H3. The van der Waals surface area contributed by atoms with Crippen LogP contribution < -0.4 is 9.64 Å². The monoisotopic (exact) mass is 209 g/mol. The fourth-order valence-corrected chi connectivity index (χ4v) is 1.39. The van der Waals surface area contributed by atoms with Crippen LogP contribution in [0, 0.1) is 0 Å². The molecule has 0 aliphatic carbocycles. The lowest BCUT2D eigenvalue weighted by molar-refractivity contribution is 0.177. The maximum Gasteiger partial charge on any atom is 0.119 e. The third kappa shape index (κ3) is 3.44. The third-order valence-corrected chi connectivity index (χ3v) is 2.47. The summed E-state index contributed by atoms with van der Waals surface area (Å²) in [6.45, 7) is 2.63. The highest BCUT2D eigenvalue weighted by Crippen LogP contribution is 2.18. The molecule has 3 heteroatoms. The molecule has 1 unspecified atom stereocenters. The van der Waals surface area contributed by atoms with Crippen molar-refractivity contribution in [3.63, 3.8) is 0 Å². The van der Waals surface area contributed by atoms with Gasteiger partial charge in [0, 0.05) is 19.3 Å². The number of methoxy groups -OCH3 is 1. The molecule has 0 bridgehead atoms. The first kappa shape index (κ1) is 11.9. The topological polar surface area (TPSA) is 32.7 Å². The summed E-state index contributed by atoms with van der Waals surface area (Å²) in [7, 11) is 3.63. The Morgan fingerprint density at radius 3 is 2.40 bits per heavy atom. The minimum atomic E-state index is -0.267. The lowest BCUT2D eigenvalue weighted by Crippen LogP contribution is -2.28. The second-order valence-corrected chi connectivity index (χ2v) is 3.64. The third-order valence-electron chi connectivity index (χ3n) is 2.47. The Hall–Kier alpha value is -1.22. The SMILES string of the molecule is CCC(O)CN(C)c1ccc(OC)cc1. The van der Waals surface area contributed by atoms with Gasteiger partial charge < -0.3 is 14.7 Å². The minimum Gasteiger partial charge on any atom is -0.497 e. The fraction of sp³-hybridized carbons (Fsp3) is 0.500. The van der Waals surface area contributed by atoms with Crippen molar-refractivity contribution in [2.24, 2.45) is 0 Å². The van der Waals surface area contributed by atoms with E-state index in [9.17, 15) is 5.11 Å². The molecular formula is C12H19NO2. The van der Waals surface area contributed by atoms with E-state index in [1.165, 1.54) is 0 Å². The number of aliphatic hydroxyl groups is 1. The van der Waals surface area contributed by atoms with Gasteiger partial charge in [0.1, 0.15) is 5.75 Å². The van der Waals surface area contributed by atoms with Crippen LogP contribution in [0.4, 0.5) is 5.69 Å². The lowest BCUT2D eigenvalue weighted by Gasteiger charge is -2.22. The Labute approximate surface area is 91.3 Å². The summed E-state index contributed by atoms with van der Waals surface area (Å²) in [6, 6.07) is 7.82. The predicted octanol–water partition coefficient (Wildman–Crippen LogP) is 1.90. The molecule has 15 heavy (non-hydrogen) atoms. The van der Waals surface area contributed by atoms with E-state index in [4.69, 9.17) is 4.74 Å². The molecule has 0 aliphatic rings. The van der Waals surface area contributed by atoms with Gasteiger partial charge in [-0.25, -0.2) is 0 Å². The minimum absolute atomic E-state index is 0.267. The summed E-state index contributed by atoms with van der Waals surface area (Å²) in [5.74, 6) is 0.850. The van der Waals surface area contributed by atoms with E-state index in [1.54, 1.807) is 7.11 Å². The number of rotatable bonds is 5. The molecule has 1 aromatic rings. The van der Waals surface area contributed by atoms with Gasteiger partial charge in [-0.3, -0.25) is 0 Å². The highest BCUT2D eigenvalue weighted by atomic mass is 16.5. The Morgan fingerprint density at radius 1 is 1.33 bits per heavy atom. The molecule has 1 atom stereocenters. The molecule has 0 aliphatic heterocycles. The van der Waals surface area contributed by atoms with Crippen LogP contribution in [0.3, 0.4) is 0 Å². The molecule has 0 aromatic heterocycles. The summed E-state index contributed by atoms with van der Waals surface area (Å²) < 4.78 is 5.08. The van der Waals surface area contributed by atoms with Crippen molar-refractivity contribution in [2.45, 2.75) is 19.4 Å². The number of nitrogens with zero attached hydrogens (tertiary/aromatic N) is 1. The van der Waals surface area contributed by atoms with E-state index in [0.29, 0.717) is 6.54 Å². The van der Waals surface area contributed by atoms with Crippen molar-refractivity contribution in [3.05, 3.63) is 24.3 Å². The Morgan fingerprint density at radius 2 is 1.93 bits per heavy atom. The summed E-state index contributed by atoms with van der Waals surface area (Å²) in [5, 5.41) is 9.52. The zero-order valence-electron chi connectivity index (χ0n) is 9.60. The molecule has 0 radical (unpaired) electrons. The smallest absolute Gasteiger partial charge is 0.119 e. The maximum atomic E-state index is 9.52. The molecule has 0 heterocycles. The number of ether oxygens (including phenoxy) is 1. The van der Waals surface area contributed by atoms with Crippen molar-refractivity contribution in [2.75, 3.05) is 25.6 Å². The molecule has 1 rings (SSSR count). The van der Waals surface area contributed by atoms with Gasteiger partial charge in [0.25, 0.3) is 0 Å². The van der Waals surface area contributed by atoms with Crippen molar-refractivity contribution in [3.8, 4) is 5.75 Å². The van der Waals surface area contributed by atoms with Crippen LogP contribution in [-0.4, -0.2) is 31.9 Å². The van der Waals surface area contributed by atoms with Crippen molar-refractivity contribution >= 4 is 5.69 Å². The highest BCUT2D eigenvalue weighted by Gasteiger charge is 2.06. The van der Waals surface area contributed by atoms with E-state index < -0.39 is 0 Å². The Kier molecular flexibility index (Phi) is 4.43. The molecule has 0 fully saturated rings. The zero-order chi connectivity index (χ0) is 11.3. The van der Waals surface area contributed by atoms with Gasteiger partial charge in [-0.05, 0) is 30.7 Å². The van der Waals surface area contributed by atoms with E-state index in [1.807, 2.05) is 43.1 Å². The average Bonchev–Trinajstić information content (AvgIpc) is 2.29. The van der Waals surface area contributed by atoms with Crippen LogP contribution >= 0.6 is 0 Å². The lowest BCUT2D eigenvalue weighted by atomic mass is 10.2. The zero-order valence-corrected chi connectivity index (χ0v) is 9.60. The van der Waals surface area contributed by atoms with E-state index in [0.717, 1.165) is 17.9 Å². The largest absolute Gasteiger partial charge is 0.497 e. The van der Waals surface area contributed by atoms with Gasteiger partial charge >= 0.3 is 0 Å². The van der Waals surface area contributed by atoms with E-state index in [2.05, 4.69) is 0 Å². The molecule has 84 valence electrons. The van der Waals surface area contributed by atoms with Crippen LogP contribution in [0.2, 0.25) is 0 Å². The number of likely N-dealkylation sites (N-methyl/N-ethyl adjacent to an activating group) is 1. The molecule has 0 saturated heterocycles. The number of anilines is 1. The van der Waals surface area contributed by atoms with Gasteiger partial charge in [-0.15, -0.1) is 0 Å². The fourth-order valence-electron chi connectivity index (χ4n) is 1.39. The highest BCUT2D eigenvalue weighted by molar-refractivity contribution is 5.48. The second-order valence-electron chi connectivity index (χ2n) is 3.64. The average molecular weight is 209 g/mol. The normalized spacial score (nSPS) is 12.3. The first-order valence-corrected chi connectivity index (χ1v) is 5.20. The summed E-state index contributed by atoms with van der Waals surface area (Å²) in [6.07, 6.45) is 0.512. The van der Waals surface area contributed by atoms with Gasteiger partial charge in [0.05, 0.1) is 13.2 Å². The molecular weight excluding hydrogens is 190 g/mol. The summed E-state index contributed by atoms with van der Waals surface area (Å²) in [4.78, 5) is 2.04. The first-order valence-electron chi connectivity index (χ1n) is 5.20. The van der Waals surface area contributed by atoms with Crippen molar-refractivity contribution in [1.29, 1.82) is 0 Å².